The maximum Gasteiger partial charge on any atom is 0.433 e. The maximum atomic E-state index is 10.6. The third kappa shape index (κ3) is 4.70. The summed E-state index contributed by atoms with van der Waals surface area (Å²) in [5, 5.41) is 10.6. The number of nitrogens with two attached hydrogens (primary N) is 1. The molecule has 2 aromatic rings. The molecular formula is C15H19N3O3. The highest BCUT2D eigenvalue weighted by molar-refractivity contribution is 5.18. The Morgan fingerprint density at radius 3 is 2.52 bits per heavy atom. The summed E-state index contributed by atoms with van der Waals surface area (Å²) < 4.78 is 5.22. The van der Waals surface area contributed by atoms with Crippen LogP contribution < -0.4 is 5.73 Å². The molecule has 0 fully saturated rings. The highest BCUT2D eigenvalue weighted by Crippen LogP contribution is 2.18. The maximum absolute atomic E-state index is 10.6. The van der Waals surface area contributed by atoms with Crippen molar-refractivity contribution in [3.8, 4) is 0 Å². The van der Waals surface area contributed by atoms with E-state index in [1.165, 1.54) is 11.6 Å². The van der Waals surface area contributed by atoms with E-state index in [1.54, 1.807) is 6.07 Å². The van der Waals surface area contributed by atoms with Crippen molar-refractivity contribution in [3.63, 3.8) is 0 Å². The van der Waals surface area contributed by atoms with Crippen LogP contribution in [0.4, 0.5) is 5.88 Å². The number of nitrogens with zero attached hydrogens (tertiary/aromatic N) is 2. The molecule has 2 rings (SSSR count). The number of furan rings is 1. The number of nitro groups is 1. The molecule has 0 spiro atoms. The number of hydrogen-bond acceptors (Lipinski definition) is 5. The fourth-order valence-electron chi connectivity index (χ4n) is 2.14. The SMILES string of the molecule is NCCCN(Cc1ccccc1)Cc1ccc([N+](=O)[O-])o1. The largest absolute Gasteiger partial charge is 0.433 e. The van der Waals surface area contributed by atoms with Crippen LogP contribution in [0.1, 0.15) is 17.7 Å². The Balaban J connectivity index is 2.02. The summed E-state index contributed by atoms with van der Waals surface area (Å²) in [5.74, 6) is 0.373. The standard InChI is InChI=1S/C15H19N3O3/c16-9-4-10-17(11-13-5-2-1-3-6-13)12-14-7-8-15(21-14)18(19)20/h1-3,5-8H,4,9-12,16H2. The summed E-state index contributed by atoms with van der Waals surface area (Å²) in [6, 6.07) is 13.1. The summed E-state index contributed by atoms with van der Waals surface area (Å²) in [6.45, 7) is 2.72. The lowest BCUT2D eigenvalue weighted by molar-refractivity contribution is -0.402. The highest BCUT2D eigenvalue weighted by atomic mass is 16.6. The van der Waals surface area contributed by atoms with Gasteiger partial charge in [-0.3, -0.25) is 15.0 Å². The first-order valence-electron chi connectivity index (χ1n) is 6.88. The van der Waals surface area contributed by atoms with E-state index < -0.39 is 4.92 Å². The van der Waals surface area contributed by atoms with E-state index in [9.17, 15) is 10.1 Å². The molecule has 0 bridgehead atoms. The van der Waals surface area contributed by atoms with Gasteiger partial charge in [0.2, 0.25) is 0 Å². The molecule has 1 heterocycles. The van der Waals surface area contributed by atoms with Crippen molar-refractivity contribution in [1.29, 1.82) is 0 Å². The molecule has 2 N–H and O–H groups in total. The minimum absolute atomic E-state index is 0.219. The first-order chi connectivity index (χ1) is 10.2. The van der Waals surface area contributed by atoms with Crippen LogP contribution in [0.5, 0.6) is 0 Å². The van der Waals surface area contributed by atoms with E-state index in [4.69, 9.17) is 10.2 Å². The van der Waals surface area contributed by atoms with Crippen molar-refractivity contribution in [2.24, 2.45) is 5.73 Å². The van der Waals surface area contributed by atoms with Gasteiger partial charge in [-0.25, -0.2) is 0 Å². The molecule has 0 unspecified atom stereocenters. The van der Waals surface area contributed by atoms with Crippen LogP contribution in [0, 0.1) is 10.1 Å². The van der Waals surface area contributed by atoms with Gasteiger partial charge in [0, 0.05) is 13.1 Å². The Hall–Kier alpha value is -2.18. The zero-order chi connectivity index (χ0) is 15.1. The normalized spacial score (nSPS) is 11.0. The van der Waals surface area contributed by atoms with Gasteiger partial charge in [-0.05, 0) is 24.6 Å². The minimum Gasteiger partial charge on any atom is -0.404 e. The number of benzene rings is 1. The molecule has 21 heavy (non-hydrogen) atoms. The fourth-order valence-corrected chi connectivity index (χ4v) is 2.14. The smallest absolute Gasteiger partial charge is 0.404 e. The van der Waals surface area contributed by atoms with Crippen molar-refractivity contribution in [2.75, 3.05) is 13.1 Å². The molecule has 0 saturated carbocycles. The van der Waals surface area contributed by atoms with Gasteiger partial charge in [-0.15, -0.1) is 0 Å². The van der Waals surface area contributed by atoms with E-state index in [0.29, 0.717) is 18.8 Å². The third-order valence-electron chi connectivity index (χ3n) is 3.13. The van der Waals surface area contributed by atoms with Gasteiger partial charge in [-0.1, -0.05) is 30.3 Å². The third-order valence-corrected chi connectivity index (χ3v) is 3.13. The van der Waals surface area contributed by atoms with Crippen molar-refractivity contribution in [3.05, 3.63) is 63.9 Å². The van der Waals surface area contributed by atoms with Gasteiger partial charge in [-0.2, -0.15) is 0 Å². The second-order valence-electron chi connectivity index (χ2n) is 4.84. The average Bonchev–Trinajstić information content (AvgIpc) is 2.94. The first kappa shape index (κ1) is 15.2. The van der Waals surface area contributed by atoms with Crippen LogP contribution in [0.25, 0.3) is 0 Å². The van der Waals surface area contributed by atoms with Crippen LogP contribution in [0.3, 0.4) is 0 Å². The number of rotatable bonds is 8. The molecule has 0 amide bonds. The molecule has 6 heteroatoms. The van der Waals surface area contributed by atoms with E-state index in [2.05, 4.69) is 17.0 Å². The van der Waals surface area contributed by atoms with E-state index in [1.807, 2.05) is 18.2 Å². The molecule has 6 nitrogen and oxygen atoms in total. The van der Waals surface area contributed by atoms with Crippen LogP contribution >= 0.6 is 0 Å². The van der Waals surface area contributed by atoms with Gasteiger partial charge in [0.1, 0.15) is 10.7 Å². The van der Waals surface area contributed by atoms with Crippen molar-refractivity contribution in [1.82, 2.24) is 4.90 Å². The zero-order valence-corrected chi connectivity index (χ0v) is 11.8. The van der Waals surface area contributed by atoms with Gasteiger partial charge < -0.3 is 10.2 Å². The quantitative estimate of drug-likeness (QED) is 0.596. The average molecular weight is 289 g/mol. The Morgan fingerprint density at radius 1 is 1.14 bits per heavy atom. The first-order valence-corrected chi connectivity index (χ1v) is 6.88. The van der Waals surface area contributed by atoms with Crippen molar-refractivity contribution >= 4 is 5.88 Å². The van der Waals surface area contributed by atoms with Crippen LogP contribution in [-0.2, 0) is 13.1 Å². The Kier molecular flexibility index (Phi) is 5.48. The van der Waals surface area contributed by atoms with E-state index in [-0.39, 0.29) is 5.88 Å². The lowest BCUT2D eigenvalue weighted by atomic mass is 10.2. The lowest BCUT2D eigenvalue weighted by Crippen LogP contribution is -2.25. The molecule has 1 aromatic carbocycles. The molecule has 0 radical (unpaired) electrons. The van der Waals surface area contributed by atoms with E-state index in [0.717, 1.165) is 19.5 Å². The molecule has 0 saturated heterocycles. The summed E-state index contributed by atoms with van der Waals surface area (Å²) in [4.78, 5) is 12.3. The number of hydrogen-bond donors (Lipinski definition) is 1. The van der Waals surface area contributed by atoms with Crippen LogP contribution in [0.2, 0.25) is 0 Å². The lowest BCUT2D eigenvalue weighted by Gasteiger charge is -2.20. The highest BCUT2D eigenvalue weighted by Gasteiger charge is 2.14. The molecule has 0 aliphatic carbocycles. The summed E-state index contributed by atoms with van der Waals surface area (Å²) in [6.07, 6.45) is 0.871. The zero-order valence-electron chi connectivity index (χ0n) is 11.8. The summed E-state index contributed by atoms with van der Waals surface area (Å²) in [7, 11) is 0. The molecule has 1 aromatic heterocycles. The molecular weight excluding hydrogens is 270 g/mol. The Bertz CT molecular complexity index is 569. The van der Waals surface area contributed by atoms with Gasteiger partial charge in [0.05, 0.1) is 12.6 Å². The summed E-state index contributed by atoms with van der Waals surface area (Å²) >= 11 is 0. The fraction of sp³-hybridized carbons (Fsp3) is 0.333. The second kappa shape index (κ2) is 7.56. The van der Waals surface area contributed by atoms with E-state index >= 15 is 0 Å². The van der Waals surface area contributed by atoms with Gasteiger partial charge in [0.15, 0.2) is 0 Å². The second-order valence-corrected chi connectivity index (χ2v) is 4.84. The molecule has 0 aliphatic heterocycles. The van der Waals surface area contributed by atoms with Crippen molar-refractivity contribution < 1.29 is 9.34 Å². The van der Waals surface area contributed by atoms with Gasteiger partial charge in [0.25, 0.3) is 0 Å². The molecule has 0 atom stereocenters. The predicted molar refractivity (Wildman–Crippen MR) is 79.6 cm³/mol. The minimum atomic E-state index is -0.523. The Morgan fingerprint density at radius 2 is 1.90 bits per heavy atom. The van der Waals surface area contributed by atoms with Crippen LogP contribution in [0.15, 0.2) is 46.9 Å². The topological polar surface area (TPSA) is 85.5 Å². The van der Waals surface area contributed by atoms with Crippen molar-refractivity contribution in [2.45, 2.75) is 19.5 Å². The monoisotopic (exact) mass is 289 g/mol. The predicted octanol–water partition coefficient (Wildman–Crippen LogP) is 2.54. The van der Waals surface area contributed by atoms with Crippen LogP contribution in [-0.4, -0.2) is 22.9 Å². The van der Waals surface area contributed by atoms with Gasteiger partial charge >= 0.3 is 5.88 Å². The Labute approximate surface area is 123 Å². The molecule has 0 aliphatic rings. The summed E-state index contributed by atoms with van der Waals surface area (Å²) in [5.41, 5.74) is 6.76. The molecule has 112 valence electrons.